The highest BCUT2D eigenvalue weighted by molar-refractivity contribution is 5.91. The van der Waals surface area contributed by atoms with Crippen molar-refractivity contribution in [3.05, 3.63) is 59.1 Å². The van der Waals surface area contributed by atoms with Crippen molar-refractivity contribution >= 4 is 11.8 Å². The predicted molar refractivity (Wildman–Crippen MR) is 135 cm³/mol. The molecule has 0 unspecified atom stereocenters. The summed E-state index contributed by atoms with van der Waals surface area (Å²) in [5, 5.41) is 6.30. The quantitative estimate of drug-likeness (QED) is 0.0714. The molecule has 0 aromatic carbocycles. The number of hydrogen-bond donors (Lipinski definition) is 6. The number of nitrogens with two attached hydrogens (primary N) is 4. The molecule has 10 N–H and O–H groups in total. The molecule has 11 nitrogen and oxygen atoms in total. The fourth-order valence-electron chi connectivity index (χ4n) is 3.50. The second kappa shape index (κ2) is 13.4. The number of allylic oxidation sites excluding steroid dienone is 3. The molecule has 2 rings (SSSR count). The molecule has 1 aliphatic carbocycles. The van der Waals surface area contributed by atoms with Crippen LogP contribution in [0.4, 0.5) is 8.78 Å². The Hall–Kier alpha value is -3.87. The van der Waals surface area contributed by atoms with Crippen LogP contribution in [0.5, 0.6) is 5.75 Å². The molecule has 1 aromatic heterocycles. The van der Waals surface area contributed by atoms with Gasteiger partial charge in [-0.2, -0.15) is 0 Å². The SMILES string of the molecule is CNC(=O)/C(N)=C/N(N)CCCC/C(N)=C/C=C(\N)NC(=O)Cc1cc(OC2CC(F)(F)C2)cc(C)n1. The van der Waals surface area contributed by atoms with Gasteiger partial charge in [-0.05, 0) is 38.3 Å². The van der Waals surface area contributed by atoms with E-state index in [0.717, 1.165) is 6.42 Å². The number of alkyl halides is 2. The number of unbranched alkanes of at least 4 members (excludes halogenated alkanes) is 1. The lowest BCUT2D eigenvalue weighted by Gasteiger charge is -2.34. The van der Waals surface area contributed by atoms with Crippen molar-refractivity contribution in [1.82, 2.24) is 20.6 Å². The largest absolute Gasteiger partial charge is 0.490 e. The summed E-state index contributed by atoms with van der Waals surface area (Å²) in [6.45, 7) is 2.21. The Bertz CT molecular complexity index is 1050. The molecular formula is C24H36F2N8O3. The number of nitrogens with zero attached hydrogens (tertiary/aromatic N) is 2. The van der Waals surface area contributed by atoms with Crippen molar-refractivity contribution in [2.75, 3.05) is 13.6 Å². The predicted octanol–water partition coefficient (Wildman–Crippen LogP) is 0.760. The number of hydrazine groups is 1. The Morgan fingerprint density at radius 1 is 1.22 bits per heavy atom. The van der Waals surface area contributed by atoms with Crippen molar-refractivity contribution in [3.63, 3.8) is 0 Å². The summed E-state index contributed by atoms with van der Waals surface area (Å²) in [4.78, 5) is 28.0. The number of pyridine rings is 1. The second-order valence-electron chi connectivity index (χ2n) is 8.89. The number of halogens is 2. The minimum atomic E-state index is -2.68. The Morgan fingerprint density at radius 2 is 1.92 bits per heavy atom. The average molecular weight is 523 g/mol. The molecule has 2 amide bonds. The number of hydrogen-bond acceptors (Lipinski definition) is 9. The zero-order valence-corrected chi connectivity index (χ0v) is 21.1. The van der Waals surface area contributed by atoms with Crippen LogP contribution in [0.25, 0.3) is 0 Å². The number of aromatic nitrogens is 1. The van der Waals surface area contributed by atoms with Gasteiger partial charge in [-0.25, -0.2) is 14.6 Å². The monoisotopic (exact) mass is 522 g/mol. The number of likely N-dealkylation sites (N-methyl/N-ethyl adjacent to an activating group) is 1. The number of nitrogens with one attached hydrogen (secondary N) is 2. The van der Waals surface area contributed by atoms with Crippen LogP contribution in [0.3, 0.4) is 0 Å². The van der Waals surface area contributed by atoms with Crippen molar-refractivity contribution in [2.24, 2.45) is 23.0 Å². The zero-order valence-electron chi connectivity index (χ0n) is 21.1. The number of aryl methyl sites for hydroxylation is 1. The Kier molecular flexibility index (Phi) is 10.7. The summed E-state index contributed by atoms with van der Waals surface area (Å²) in [6, 6.07) is 3.20. The summed E-state index contributed by atoms with van der Waals surface area (Å²) >= 11 is 0. The van der Waals surface area contributed by atoms with Crippen molar-refractivity contribution < 1.29 is 23.1 Å². The second-order valence-corrected chi connectivity index (χ2v) is 8.89. The number of ether oxygens (including phenoxy) is 1. The standard InChI is InChI=1S/C24H36F2N8O3/c1-15-9-18(37-19-12-24(25,26)13-19)10-17(32-15)11-22(35)33-21(29)7-6-16(27)5-3-4-8-34(30)14-20(28)23(36)31-2/h6-7,9-10,14,19H,3-5,8,11-13,27-30H2,1-2H3,(H,31,36)(H,33,35)/b16-6-,20-14-,21-7+. The van der Waals surface area contributed by atoms with Gasteiger partial charge in [-0.3, -0.25) is 14.6 Å². The lowest BCUT2D eigenvalue weighted by Crippen LogP contribution is -2.43. The lowest BCUT2D eigenvalue weighted by atomic mass is 9.91. The van der Waals surface area contributed by atoms with Gasteiger partial charge >= 0.3 is 0 Å². The maximum absolute atomic E-state index is 13.0. The van der Waals surface area contributed by atoms with E-state index in [1.807, 2.05) is 0 Å². The Labute approximate surface area is 214 Å². The lowest BCUT2D eigenvalue weighted by molar-refractivity contribution is -0.134. The van der Waals surface area contributed by atoms with Gasteiger partial charge in [-0.15, -0.1) is 0 Å². The molecule has 1 heterocycles. The summed E-state index contributed by atoms with van der Waals surface area (Å²) in [6.07, 6.45) is 5.20. The third-order valence-corrected chi connectivity index (χ3v) is 5.36. The van der Waals surface area contributed by atoms with E-state index in [1.54, 1.807) is 25.1 Å². The van der Waals surface area contributed by atoms with Gasteiger partial charge in [0.25, 0.3) is 11.8 Å². The minimum Gasteiger partial charge on any atom is -0.490 e. The van der Waals surface area contributed by atoms with Gasteiger partial charge in [0.15, 0.2) is 0 Å². The molecule has 0 saturated heterocycles. The van der Waals surface area contributed by atoms with Gasteiger partial charge in [0.1, 0.15) is 23.4 Å². The molecular weight excluding hydrogens is 486 g/mol. The highest BCUT2D eigenvalue weighted by atomic mass is 19.3. The Balaban J connectivity index is 1.76. The van der Waals surface area contributed by atoms with Crippen molar-refractivity contribution in [1.29, 1.82) is 0 Å². The summed E-state index contributed by atoms with van der Waals surface area (Å²) in [5.74, 6) is 2.81. The van der Waals surface area contributed by atoms with Gasteiger partial charge in [-0.1, -0.05) is 0 Å². The van der Waals surface area contributed by atoms with Crippen LogP contribution in [-0.2, 0) is 16.0 Å². The van der Waals surface area contributed by atoms with Crippen LogP contribution in [0.1, 0.15) is 43.5 Å². The summed E-state index contributed by atoms with van der Waals surface area (Å²) < 4.78 is 31.6. The van der Waals surface area contributed by atoms with E-state index < -0.39 is 23.8 Å². The fourth-order valence-corrected chi connectivity index (χ4v) is 3.50. The van der Waals surface area contributed by atoms with Crippen LogP contribution in [0.15, 0.2) is 47.7 Å². The zero-order chi connectivity index (χ0) is 27.6. The molecule has 0 spiro atoms. The molecule has 0 aliphatic heterocycles. The Morgan fingerprint density at radius 3 is 2.57 bits per heavy atom. The first-order valence-corrected chi connectivity index (χ1v) is 11.8. The van der Waals surface area contributed by atoms with Crippen LogP contribution in [-0.4, -0.2) is 47.4 Å². The van der Waals surface area contributed by atoms with Gasteiger partial charge in [0, 0.05) is 56.2 Å². The number of amides is 2. The van der Waals surface area contributed by atoms with Crippen molar-refractivity contribution in [3.8, 4) is 5.75 Å². The molecule has 204 valence electrons. The number of carbonyl (C=O) groups excluding carboxylic acids is 2. The molecule has 1 aromatic rings. The maximum atomic E-state index is 13.0. The fraction of sp³-hybridized carbons (Fsp3) is 0.458. The highest BCUT2D eigenvalue weighted by Crippen LogP contribution is 2.39. The van der Waals surface area contributed by atoms with Crippen LogP contribution >= 0.6 is 0 Å². The van der Waals surface area contributed by atoms with E-state index in [0.29, 0.717) is 42.2 Å². The molecule has 1 saturated carbocycles. The summed E-state index contributed by atoms with van der Waals surface area (Å²) in [7, 11) is 1.48. The van der Waals surface area contributed by atoms with E-state index in [2.05, 4.69) is 15.6 Å². The van der Waals surface area contributed by atoms with E-state index in [1.165, 1.54) is 24.3 Å². The molecule has 0 bridgehead atoms. The molecule has 0 radical (unpaired) electrons. The molecule has 13 heteroatoms. The third kappa shape index (κ3) is 10.7. The molecule has 1 fully saturated rings. The molecule has 0 atom stereocenters. The van der Waals surface area contributed by atoms with Gasteiger partial charge < -0.3 is 37.6 Å². The molecule has 1 aliphatic rings. The molecule has 37 heavy (non-hydrogen) atoms. The topological polar surface area (TPSA) is 188 Å². The van der Waals surface area contributed by atoms with Gasteiger partial charge in [0.2, 0.25) is 5.91 Å². The van der Waals surface area contributed by atoms with Gasteiger partial charge in [0.05, 0.1) is 12.1 Å². The van der Waals surface area contributed by atoms with Crippen LogP contribution in [0.2, 0.25) is 0 Å². The summed E-state index contributed by atoms with van der Waals surface area (Å²) in [5.41, 5.74) is 19.1. The maximum Gasteiger partial charge on any atom is 0.268 e. The van der Waals surface area contributed by atoms with E-state index in [9.17, 15) is 18.4 Å². The van der Waals surface area contributed by atoms with E-state index in [-0.39, 0.29) is 30.8 Å². The van der Waals surface area contributed by atoms with E-state index in [4.69, 9.17) is 27.8 Å². The number of carbonyl (C=O) groups is 2. The highest BCUT2D eigenvalue weighted by Gasteiger charge is 2.47. The third-order valence-electron chi connectivity index (χ3n) is 5.36. The first-order valence-electron chi connectivity index (χ1n) is 11.8. The van der Waals surface area contributed by atoms with E-state index >= 15 is 0 Å². The van der Waals surface area contributed by atoms with Crippen LogP contribution < -0.4 is 38.4 Å². The smallest absolute Gasteiger partial charge is 0.268 e. The minimum absolute atomic E-state index is 0.0139. The van der Waals surface area contributed by atoms with Crippen LogP contribution in [0, 0.1) is 6.92 Å². The van der Waals surface area contributed by atoms with Crippen molar-refractivity contribution in [2.45, 2.75) is 57.5 Å². The number of rotatable bonds is 13. The average Bonchev–Trinajstić information content (AvgIpc) is 2.78. The first-order chi connectivity index (χ1) is 17.4. The normalized spacial score (nSPS) is 16.1. The first kappa shape index (κ1) is 29.4.